The summed E-state index contributed by atoms with van der Waals surface area (Å²) in [5.41, 5.74) is 1.11. The van der Waals surface area contributed by atoms with Crippen LogP contribution in [0.5, 0.6) is 0 Å². The molecule has 0 radical (unpaired) electrons. The van der Waals surface area contributed by atoms with Crippen molar-refractivity contribution in [3.05, 3.63) is 46.3 Å². The molecule has 0 bridgehead atoms. The fraction of sp³-hybridized carbons (Fsp3) is 0.0833. The minimum absolute atomic E-state index is 0.243. The SMILES string of the molecule is O=c1oc2ccccc2c2c1C=CCS2. The van der Waals surface area contributed by atoms with E-state index in [0.29, 0.717) is 11.1 Å². The summed E-state index contributed by atoms with van der Waals surface area (Å²) in [6, 6.07) is 7.65. The molecule has 0 spiro atoms. The van der Waals surface area contributed by atoms with Crippen LogP contribution in [0.1, 0.15) is 5.56 Å². The van der Waals surface area contributed by atoms with Crippen molar-refractivity contribution >= 4 is 28.8 Å². The summed E-state index contributed by atoms with van der Waals surface area (Å²) in [4.78, 5) is 12.7. The van der Waals surface area contributed by atoms with Crippen molar-refractivity contribution in [3.8, 4) is 0 Å². The molecule has 0 amide bonds. The first-order valence-corrected chi connectivity index (χ1v) is 5.70. The fourth-order valence-corrected chi connectivity index (χ4v) is 2.72. The third kappa shape index (κ3) is 1.31. The molecular formula is C12H8O2S. The van der Waals surface area contributed by atoms with Gasteiger partial charge in [0.05, 0.1) is 5.56 Å². The summed E-state index contributed by atoms with van der Waals surface area (Å²) in [7, 11) is 0. The Kier molecular flexibility index (Phi) is 1.92. The quantitative estimate of drug-likeness (QED) is 0.634. The summed E-state index contributed by atoms with van der Waals surface area (Å²) in [5, 5.41) is 1.03. The van der Waals surface area contributed by atoms with Gasteiger partial charge in [0.2, 0.25) is 0 Å². The lowest BCUT2D eigenvalue weighted by Gasteiger charge is -2.10. The first-order chi connectivity index (χ1) is 7.36. The number of thioether (sulfide) groups is 1. The van der Waals surface area contributed by atoms with Gasteiger partial charge in [-0.1, -0.05) is 24.3 Å². The number of hydrogen-bond acceptors (Lipinski definition) is 3. The van der Waals surface area contributed by atoms with E-state index in [9.17, 15) is 4.79 Å². The molecule has 0 N–H and O–H groups in total. The van der Waals surface area contributed by atoms with Crippen molar-refractivity contribution in [1.29, 1.82) is 0 Å². The third-order valence-corrected chi connectivity index (χ3v) is 3.49. The van der Waals surface area contributed by atoms with Gasteiger partial charge < -0.3 is 4.42 Å². The van der Waals surface area contributed by atoms with Crippen LogP contribution in [0.15, 0.2) is 44.4 Å². The van der Waals surface area contributed by atoms with Crippen LogP contribution in [0, 0.1) is 0 Å². The van der Waals surface area contributed by atoms with Crippen molar-refractivity contribution < 1.29 is 4.42 Å². The number of para-hydroxylation sites is 1. The van der Waals surface area contributed by atoms with Crippen LogP contribution in [0.25, 0.3) is 17.0 Å². The molecule has 0 saturated heterocycles. The first kappa shape index (κ1) is 8.80. The van der Waals surface area contributed by atoms with Gasteiger partial charge in [-0.05, 0) is 12.1 Å². The molecule has 1 aromatic carbocycles. The average molecular weight is 216 g/mol. The highest BCUT2D eigenvalue weighted by Crippen LogP contribution is 2.32. The van der Waals surface area contributed by atoms with E-state index in [2.05, 4.69) is 0 Å². The summed E-state index contributed by atoms with van der Waals surface area (Å²) in [6.07, 6.45) is 3.84. The van der Waals surface area contributed by atoms with E-state index in [0.717, 1.165) is 16.0 Å². The Bertz CT molecular complexity index is 611. The lowest BCUT2D eigenvalue weighted by atomic mass is 10.1. The van der Waals surface area contributed by atoms with Crippen LogP contribution in [0.2, 0.25) is 0 Å². The molecule has 0 unspecified atom stereocenters. The van der Waals surface area contributed by atoms with Gasteiger partial charge >= 0.3 is 5.63 Å². The molecule has 1 aromatic heterocycles. The van der Waals surface area contributed by atoms with Gasteiger partial charge in [-0.2, -0.15) is 0 Å². The minimum atomic E-state index is -0.243. The smallest absolute Gasteiger partial charge is 0.344 e. The Morgan fingerprint density at radius 3 is 3.07 bits per heavy atom. The van der Waals surface area contributed by atoms with Crippen molar-refractivity contribution in [2.75, 3.05) is 5.75 Å². The van der Waals surface area contributed by atoms with Gasteiger partial charge in [-0.15, -0.1) is 11.8 Å². The molecule has 1 aliphatic rings. The minimum Gasteiger partial charge on any atom is -0.422 e. The molecule has 15 heavy (non-hydrogen) atoms. The summed E-state index contributed by atoms with van der Waals surface area (Å²) >= 11 is 1.69. The highest BCUT2D eigenvalue weighted by Gasteiger charge is 2.14. The van der Waals surface area contributed by atoms with Crippen LogP contribution >= 0.6 is 11.8 Å². The molecule has 0 aliphatic carbocycles. The van der Waals surface area contributed by atoms with E-state index in [1.54, 1.807) is 11.8 Å². The molecule has 2 nitrogen and oxygen atoms in total. The van der Waals surface area contributed by atoms with Crippen molar-refractivity contribution in [2.24, 2.45) is 0 Å². The second kappa shape index (κ2) is 3.28. The number of benzene rings is 1. The number of hydrogen-bond donors (Lipinski definition) is 0. The third-order valence-electron chi connectivity index (χ3n) is 2.41. The van der Waals surface area contributed by atoms with E-state index < -0.39 is 0 Å². The highest BCUT2D eigenvalue weighted by atomic mass is 32.2. The normalized spacial score (nSPS) is 14.1. The van der Waals surface area contributed by atoms with Gasteiger partial charge in [0.15, 0.2) is 0 Å². The largest absolute Gasteiger partial charge is 0.422 e. The maximum absolute atomic E-state index is 11.6. The molecule has 2 aromatic rings. The molecule has 0 fully saturated rings. The Morgan fingerprint density at radius 1 is 1.27 bits per heavy atom. The molecule has 0 saturated carbocycles. The van der Waals surface area contributed by atoms with E-state index >= 15 is 0 Å². The predicted octanol–water partition coefficient (Wildman–Crippen LogP) is 2.91. The molecule has 0 atom stereocenters. The molecule has 74 valence electrons. The Labute approximate surface area is 90.6 Å². The van der Waals surface area contributed by atoms with Crippen LogP contribution in [-0.2, 0) is 0 Å². The predicted molar refractivity (Wildman–Crippen MR) is 62.2 cm³/mol. The van der Waals surface area contributed by atoms with Gasteiger partial charge in [0, 0.05) is 16.0 Å². The molecule has 3 rings (SSSR count). The summed E-state index contributed by atoms with van der Waals surface area (Å²) in [5.74, 6) is 0.917. The number of rotatable bonds is 0. The topological polar surface area (TPSA) is 30.2 Å². The van der Waals surface area contributed by atoms with Crippen molar-refractivity contribution in [2.45, 2.75) is 4.90 Å². The molecule has 3 heteroatoms. The van der Waals surface area contributed by atoms with Crippen LogP contribution in [0.3, 0.4) is 0 Å². The zero-order valence-corrected chi connectivity index (χ0v) is 8.71. The monoisotopic (exact) mass is 216 g/mol. The van der Waals surface area contributed by atoms with E-state index in [1.807, 2.05) is 36.4 Å². The van der Waals surface area contributed by atoms with Gasteiger partial charge in [0.1, 0.15) is 5.58 Å². The number of fused-ring (bicyclic) bond motifs is 3. The maximum Gasteiger partial charge on any atom is 0.344 e. The second-order valence-corrected chi connectivity index (χ2v) is 4.37. The molecule has 2 heterocycles. The van der Waals surface area contributed by atoms with E-state index in [4.69, 9.17) is 4.42 Å². The molecular weight excluding hydrogens is 208 g/mol. The van der Waals surface area contributed by atoms with Crippen LogP contribution in [0.4, 0.5) is 0 Å². The lowest BCUT2D eigenvalue weighted by Crippen LogP contribution is -2.07. The highest BCUT2D eigenvalue weighted by molar-refractivity contribution is 7.99. The first-order valence-electron chi connectivity index (χ1n) is 4.71. The Morgan fingerprint density at radius 2 is 2.13 bits per heavy atom. The second-order valence-electron chi connectivity index (χ2n) is 3.34. The van der Waals surface area contributed by atoms with Crippen molar-refractivity contribution in [1.82, 2.24) is 0 Å². The van der Waals surface area contributed by atoms with Gasteiger partial charge in [-0.25, -0.2) is 4.79 Å². The Balaban J connectivity index is 2.51. The van der Waals surface area contributed by atoms with Crippen molar-refractivity contribution in [3.63, 3.8) is 0 Å². The standard InChI is InChI=1S/C12H8O2S/c13-12-9-5-3-7-15-11(9)8-4-1-2-6-10(8)14-12/h1-6H,7H2. The zero-order chi connectivity index (χ0) is 10.3. The summed E-state index contributed by atoms with van der Waals surface area (Å²) < 4.78 is 5.24. The maximum atomic E-state index is 11.6. The van der Waals surface area contributed by atoms with E-state index in [-0.39, 0.29) is 5.63 Å². The lowest BCUT2D eigenvalue weighted by molar-refractivity contribution is 0.555. The molecule has 1 aliphatic heterocycles. The average Bonchev–Trinajstić information content (AvgIpc) is 2.30. The van der Waals surface area contributed by atoms with E-state index in [1.165, 1.54) is 0 Å². The summed E-state index contributed by atoms with van der Waals surface area (Å²) in [6.45, 7) is 0. The van der Waals surface area contributed by atoms with Crippen LogP contribution < -0.4 is 5.63 Å². The van der Waals surface area contributed by atoms with Gasteiger partial charge in [-0.3, -0.25) is 0 Å². The van der Waals surface area contributed by atoms with Crippen LogP contribution in [-0.4, -0.2) is 5.75 Å². The van der Waals surface area contributed by atoms with Gasteiger partial charge in [0.25, 0.3) is 0 Å². The Hall–Kier alpha value is -1.48. The fourth-order valence-electron chi connectivity index (χ4n) is 1.73. The zero-order valence-electron chi connectivity index (χ0n) is 7.90.